The van der Waals surface area contributed by atoms with Crippen molar-refractivity contribution >= 4 is 11.9 Å². The van der Waals surface area contributed by atoms with E-state index in [4.69, 9.17) is 9.47 Å². The number of amides is 1. The summed E-state index contributed by atoms with van der Waals surface area (Å²) < 4.78 is 10.4. The summed E-state index contributed by atoms with van der Waals surface area (Å²) >= 11 is 0. The van der Waals surface area contributed by atoms with Crippen LogP contribution >= 0.6 is 0 Å². The zero-order valence-corrected chi connectivity index (χ0v) is 10.3. The number of carboxylic acid groups (broad SMARTS) is 1. The number of carboxylic acids is 1. The van der Waals surface area contributed by atoms with Gasteiger partial charge in [0.25, 0.3) is 5.91 Å². The number of nitrogens with one attached hydrogen (secondary N) is 1. The first kappa shape index (κ1) is 13.3. The first-order valence-corrected chi connectivity index (χ1v) is 6.34. The van der Waals surface area contributed by atoms with Crippen molar-refractivity contribution in [3.05, 3.63) is 0 Å². The highest BCUT2D eigenvalue weighted by Gasteiger charge is 2.41. The van der Waals surface area contributed by atoms with Crippen molar-refractivity contribution in [2.24, 2.45) is 5.41 Å². The number of carbonyl (C=O) groups is 2. The van der Waals surface area contributed by atoms with Crippen LogP contribution in [0.5, 0.6) is 0 Å². The topological polar surface area (TPSA) is 84.9 Å². The van der Waals surface area contributed by atoms with Crippen LogP contribution in [-0.2, 0) is 19.1 Å². The zero-order valence-electron chi connectivity index (χ0n) is 10.3. The molecule has 2 aliphatic rings. The van der Waals surface area contributed by atoms with E-state index in [0.717, 1.165) is 12.8 Å². The minimum absolute atomic E-state index is 0.182. The monoisotopic (exact) mass is 257 g/mol. The van der Waals surface area contributed by atoms with Gasteiger partial charge in [-0.15, -0.1) is 0 Å². The first-order chi connectivity index (χ1) is 8.64. The van der Waals surface area contributed by atoms with Crippen LogP contribution in [0.25, 0.3) is 0 Å². The minimum Gasteiger partial charge on any atom is -0.481 e. The van der Waals surface area contributed by atoms with Gasteiger partial charge in [0.15, 0.2) is 6.10 Å². The molecule has 1 aliphatic carbocycles. The summed E-state index contributed by atoms with van der Waals surface area (Å²) in [5, 5.41) is 12.0. The number of hydrogen-bond acceptors (Lipinski definition) is 4. The van der Waals surface area contributed by atoms with Crippen molar-refractivity contribution < 1.29 is 24.2 Å². The van der Waals surface area contributed by atoms with Gasteiger partial charge in [-0.2, -0.15) is 0 Å². The highest BCUT2D eigenvalue weighted by molar-refractivity contribution is 5.82. The molecule has 1 atom stereocenters. The fourth-order valence-electron chi connectivity index (χ4n) is 2.53. The predicted octanol–water partition coefficient (Wildman–Crippen LogP) is 0.163. The third-order valence-electron chi connectivity index (χ3n) is 3.72. The van der Waals surface area contributed by atoms with Crippen LogP contribution in [0.1, 0.15) is 25.7 Å². The second kappa shape index (κ2) is 5.67. The van der Waals surface area contributed by atoms with Crippen molar-refractivity contribution in [1.29, 1.82) is 0 Å². The Kier molecular flexibility index (Phi) is 4.19. The van der Waals surface area contributed by atoms with Crippen molar-refractivity contribution in [2.75, 3.05) is 26.4 Å². The van der Waals surface area contributed by atoms with Crippen molar-refractivity contribution in [2.45, 2.75) is 31.8 Å². The average molecular weight is 257 g/mol. The Morgan fingerprint density at radius 3 is 2.56 bits per heavy atom. The van der Waals surface area contributed by atoms with Gasteiger partial charge in [-0.05, 0) is 12.8 Å². The molecule has 2 fully saturated rings. The zero-order chi connectivity index (χ0) is 13.0. The molecule has 0 aromatic heterocycles. The lowest BCUT2D eigenvalue weighted by Crippen LogP contribution is -2.48. The quantitative estimate of drug-likeness (QED) is 0.749. The van der Waals surface area contributed by atoms with Crippen LogP contribution in [0.15, 0.2) is 0 Å². The number of ether oxygens (including phenoxy) is 2. The van der Waals surface area contributed by atoms with Crippen LogP contribution in [0.3, 0.4) is 0 Å². The fraction of sp³-hybridized carbons (Fsp3) is 0.833. The van der Waals surface area contributed by atoms with Crippen LogP contribution in [-0.4, -0.2) is 49.5 Å². The summed E-state index contributed by atoms with van der Waals surface area (Å²) in [6, 6.07) is 0. The Morgan fingerprint density at radius 2 is 2.00 bits per heavy atom. The molecule has 6 nitrogen and oxygen atoms in total. The van der Waals surface area contributed by atoms with E-state index in [1.807, 2.05) is 0 Å². The molecule has 0 bridgehead atoms. The van der Waals surface area contributed by atoms with E-state index in [-0.39, 0.29) is 19.1 Å². The summed E-state index contributed by atoms with van der Waals surface area (Å²) in [6.07, 6.45) is 2.47. The first-order valence-electron chi connectivity index (χ1n) is 6.34. The van der Waals surface area contributed by atoms with Gasteiger partial charge in [-0.25, -0.2) is 0 Å². The molecule has 0 radical (unpaired) electrons. The molecule has 2 N–H and O–H groups in total. The lowest BCUT2D eigenvalue weighted by Gasteiger charge is -2.27. The Labute approximate surface area is 106 Å². The third kappa shape index (κ3) is 2.81. The molecule has 1 saturated carbocycles. The SMILES string of the molecule is O=C(NCC1(C(=O)O)CCCC1)C1COCCO1. The van der Waals surface area contributed by atoms with Gasteiger partial charge in [0.05, 0.1) is 25.2 Å². The maximum Gasteiger partial charge on any atom is 0.311 e. The van der Waals surface area contributed by atoms with E-state index >= 15 is 0 Å². The van der Waals surface area contributed by atoms with Crippen LogP contribution < -0.4 is 5.32 Å². The van der Waals surface area contributed by atoms with Gasteiger partial charge < -0.3 is 19.9 Å². The molecule has 1 aliphatic heterocycles. The van der Waals surface area contributed by atoms with Crippen molar-refractivity contribution in [1.82, 2.24) is 5.32 Å². The van der Waals surface area contributed by atoms with E-state index in [0.29, 0.717) is 26.1 Å². The Hall–Kier alpha value is -1.14. The molecule has 1 heterocycles. The molecule has 1 unspecified atom stereocenters. The average Bonchev–Trinajstić information content (AvgIpc) is 2.87. The van der Waals surface area contributed by atoms with Gasteiger partial charge in [0, 0.05) is 6.54 Å². The largest absolute Gasteiger partial charge is 0.481 e. The minimum atomic E-state index is -0.818. The summed E-state index contributed by atoms with van der Waals surface area (Å²) in [7, 11) is 0. The Morgan fingerprint density at radius 1 is 1.28 bits per heavy atom. The standard InChI is InChI=1S/C12H19NO5/c14-10(9-7-17-5-6-18-9)13-8-12(11(15)16)3-1-2-4-12/h9H,1-8H2,(H,13,14)(H,15,16). The van der Waals surface area contributed by atoms with Crippen molar-refractivity contribution in [3.8, 4) is 0 Å². The highest BCUT2D eigenvalue weighted by Crippen LogP contribution is 2.37. The van der Waals surface area contributed by atoms with E-state index in [2.05, 4.69) is 5.32 Å². The third-order valence-corrected chi connectivity index (χ3v) is 3.72. The van der Waals surface area contributed by atoms with Gasteiger partial charge in [-0.1, -0.05) is 12.8 Å². The lowest BCUT2D eigenvalue weighted by atomic mass is 9.86. The number of aliphatic carboxylic acids is 1. The molecule has 0 aromatic carbocycles. The van der Waals surface area contributed by atoms with E-state index < -0.39 is 17.5 Å². The maximum atomic E-state index is 11.8. The van der Waals surface area contributed by atoms with Gasteiger partial charge in [0.1, 0.15) is 0 Å². The molecule has 1 amide bonds. The second-order valence-electron chi connectivity index (χ2n) is 4.94. The maximum absolute atomic E-state index is 11.8. The smallest absolute Gasteiger partial charge is 0.311 e. The second-order valence-corrected chi connectivity index (χ2v) is 4.94. The Balaban J connectivity index is 1.85. The predicted molar refractivity (Wildman–Crippen MR) is 62.1 cm³/mol. The van der Waals surface area contributed by atoms with Crippen LogP contribution in [0.2, 0.25) is 0 Å². The van der Waals surface area contributed by atoms with E-state index in [1.165, 1.54) is 0 Å². The number of carbonyl (C=O) groups excluding carboxylic acids is 1. The molecule has 6 heteroatoms. The molecule has 102 valence electrons. The van der Waals surface area contributed by atoms with Crippen LogP contribution in [0, 0.1) is 5.41 Å². The molecule has 0 aromatic rings. The molecule has 2 rings (SSSR count). The lowest BCUT2D eigenvalue weighted by molar-refractivity contribution is -0.151. The molecule has 0 spiro atoms. The van der Waals surface area contributed by atoms with Gasteiger partial charge in [-0.3, -0.25) is 9.59 Å². The molecular formula is C12H19NO5. The molecule has 1 saturated heterocycles. The fourth-order valence-corrected chi connectivity index (χ4v) is 2.53. The van der Waals surface area contributed by atoms with Crippen LogP contribution in [0.4, 0.5) is 0 Å². The van der Waals surface area contributed by atoms with Gasteiger partial charge >= 0.3 is 5.97 Å². The van der Waals surface area contributed by atoms with Crippen molar-refractivity contribution in [3.63, 3.8) is 0 Å². The van der Waals surface area contributed by atoms with Gasteiger partial charge in [0.2, 0.25) is 0 Å². The molecular weight excluding hydrogens is 238 g/mol. The normalized spacial score (nSPS) is 26.8. The highest BCUT2D eigenvalue weighted by atomic mass is 16.6. The van der Waals surface area contributed by atoms with E-state index in [1.54, 1.807) is 0 Å². The Bertz CT molecular complexity index is 318. The van der Waals surface area contributed by atoms with E-state index in [9.17, 15) is 14.7 Å². The summed E-state index contributed by atoms with van der Waals surface area (Å²) in [5.41, 5.74) is -0.787. The summed E-state index contributed by atoms with van der Waals surface area (Å²) in [5.74, 6) is -1.09. The number of rotatable bonds is 4. The summed E-state index contributed by atoms with van der Waals surface area (Å²) in [4.78, 5) is 23.1. The number of hydrogen-bond donors (Lipinski definition) is 2. The molecule has 18 heavy (non-hydrogen) atoms. The summed E-state index contributed by atoms with van der Waals surface area (Å²) in [6.45, 7) is 1.33.